The summed E-state index contributed by atoms with van der Waals surface area (Å²) < 4.78 is 5.70. The summed E-state index contributed by atoms with van der Waals surface area (Å²) in [6.45, 7) is 4.06. The van der Waals surface area contributed by atoms with Crippen LogP contribution in [0.15, 0.2) is 28.7 Å². The zero-order valence-corrected chi connectivity index (χ0v) is 12.0. The number of hydrogen-bond acceptors (Lipinski definition) is 3. The largest absolute Gasteiger partial charge is 0.469 e. The third-order valence-corrected chi connectivity index (χ3v) is 3.13. The third-order valence-electron chi connectivity index (χ3n) is 2.61. The van der Waals surface area contributed by atoms with Crippen molar-refractivity contribution in [3.8, 4) is 0 Å². The molecule has 0 fully saturated rings. The standard InChI is InChI=1S/C13H18BrNO2/c1-9(8-13(16)17-3)15-10(2)11-4-6-12(14)7-5-11/h4-7,9-10,15H,8H2,1-3H3/t9?,10-/m1/s1. The van der Waals surface area contributed by atoms with Crippen molar-refractivity contribution in [2.45, 2.75) is 32.4 Å². The van der Waals surface area contributed by atoms with E-state index < -0.39 is 0 Å². The number of benzene rings is 1. The van der Waals surface area contributed by atoms with Gasteiger partial charge < -0.3 is 10.1 Å². The second-order valence-corrected chi connectivity index (χ2v) is 5.04. The fraction of sp³-hybridized carbons (Fsp3) is 0.462. The fourth-order valence-electron chi connectivity index (χ4n) is 1.67. The summed E-state index contributed by atoms with van der Waals surface area (Å²) in [6.07, 6.45) is 0.386. The zero-order valence-electron chi connectivity index (χ0n) is 10.4. The minimum Gasteiger partial charge on any atom is -0.469 e. The average molecular weight is 300 g/mol. The van der Waals surface area contributed by atoms with E-state index in [0.717, 1.165) is 4.47 Å². The molecule has 0 spiro atoms. The summed E-state index contributed by atoms with van der Waals surface area (Å²) in [6, 6.07) is 8.46. The number of halogens is 1. The topological polar surface area (TPSA) is 38.3 Å². The Kier molecular flexibility index (Phi) is 5.65. The van der Waals surface area contributed by atoms with Crippen LogP contribution >= 0.6 is 15.9 Å². The quantitative estimate of drug-likeness (QED) is 0.849. The van der Waals surface area contributed by atoms with Gasteiger partial charge in [-0.2, -0.15) is 0 Å². The molecule has 0 saturated heterocycles. The van der Waals surface area contributed by atoms with Gasteiger partial charge in [0, 0.05) is 16.6 Å². The first-order chi connectivity index (χ1) is 8.02. The summed E-state index contributed by atoms with van der Waals surface area (Å²) in [4.78, 5) is 11.1. The van der Waals surface area contributed by atoms with Crippen LogP contribution in [0.25, 0.3) is 0 Å². The molecule has 0 aliphatic heterocycles. The lowest BCUT2D eigenvalue weighted by Crippen LogP contribution is -2.31. The van der Waals surface area contributed by atoms with Crippen LogP contribution in [0.5, 0.6) is 0 Å². The van der Waals surface area contributed by atoms with Crippen LogP contribution < -0.4 is 5.32 Å². The van der Waals surface area contributed by atoms with Crippen molar-refractivity contribution in [1.82, 2.24) is 5.32 Å². The van der Waals surface area contributed by atoms with E-state index in [4.69, 9.17) is 0 Å². The van der Waals surface area contributed by atoms with E-state index in [2.05, 4.69) is 45.0 Å². The minimum atomic E-state index is -0.187. The number of nitrogens with one attached hydrogen (secondary N) is 1. The van der Waals surface area contributed by atoms with Gasteiger partial charge >= 0.3 is 5.97 Å². The highest BCUT2D eigenvalue weighted by molar-refractivity contribution is 9.10. The van der Waals surface area contributed by atoms with Crippen molar-refractivity contribution in [2.24, 2.45) is 0 Å². The van der Waals surface area contributed by atoms with Gasteiger partial charge in [0.05, 0.1) is 13.5 Å². The first-order valence-corrected chi connectivity index (χ1v) is 6.40. The lowest BCUT2D eigenvalue weighted by molar-refractivity contribution is -0.141. The second kappa shape index (κ2) is 6.77. The molecule has 3 nitrogen and oxygen atoms in total. The summed E-state index contributed by atoms with van der Waals surface area (Å²) in [5.74, 6) is -0.187. The van der Waals surface area contributed by atoms with Gasteiger partial charge in [0.2, 0.25) is 0 Å². The number of hydrogen-bond donors (Lipinski definition) is 1. The summed E-state index contributed by atoms with van der Waals surface area (Å²) in [7, 11) is 1.41. The average Bonchev–Trinajstić information content (AvgIpc) is 2.29. The van der Waals surface area contributed by atoms with Crippen LogP contribution in [0.3, 0.4) is 0 Å². The molecule has 0 aliphatic carbocycles. The second-order valence-electron chi connectivity index (χ2n) is 4.12. The Balaban J connectivity index is 2.51. The zero-order chi connectivity index (χ0) is 12.8. The molecular formula is C13H18BrNO2. The van der Waals surface area contributed by atoms with E-state index in [1.54, 1.807) is 0 Å². The molecule has 0 heterocycles. The van der Waals surface area contributed by atoms with E-state index in [1.807, 2.05) is 19.1 Å². The molecule has 0 aromatic heterocycles. The Bertz CT molecular complexity index is 364. The van der Waals surface area contributed by atoms with Gasteiger partial charge in [0.15, 0.2) is 0 Å². The molecule has 1 rings (SSSR count). The third kappa shape index (κ3) is 4.88. The molecule has 0 radical (unpaired) electrons. The molecule has 4 heteroatoms. The van der Waals surface area contributed by atoms with Gasteiger partial charge in [-0.3, -0.25) is 4.79 Å². The SMILES string of the molecule is COC(=O)CC(C)N[C@H](C)c1ccc(Br)cc1. The molecule has 1 aromatic carbocycles. The normalized spacial score (nSPS) is 14.1. The first-order valence-electron chi connectivity index (χ1n) is 5.61. The molecule has 1 N–H and O–H groups in total. The lowest BCUT2D eigenvalue weighted by atomic mass is 10.1. The molecule has 17 heavy (non-hydrogen) atoms. The van der Waals surface area contributed by atoms with E-state index in [1.165, 1.54) is 12.7 Å². The smallest absolute Gasteiger partial charge is 0.307 e. The number of carbonyl (C=O) groups excluding carboxylic acids is 1. The minimum absolute atomic E-state index is 0.0982. The van der Waals surface area contributed by atoms with Crippen molar-refractivity contribution in [1.29, 1.82) is 0 Å². The van der Waals surface area contributed by atoms with Crippen molar-refractivity contribution in [3.05, 3.63) is 34.3 Å². The van der Waals surface area contributed by atoms with Gasteiger partial charge in [-0.25, -0.2) is 0 Å². The summed E-state index contributed by atoms with van der Waals surface area (Å²) in [5, 5.41) is 3.36. The Labute approximate surface area is 111 Å². The highest BCUT2D eigenvalue weighted by Gasteiger charge is 2.12. The highest BCUT2D eigenvalue weighted by Crippen LogP contribution is 2.17. The van der Waals surface area contributed by atoms with Crippen molar-refractivity contribution < 1.29 is 9.53 Å². The van der Waals surface area contributed by atoms with Gasteiger partial charge in [0.1, 0.15) is 0 Å². The number of esters is 1. The molecule has 0 saturated carbocycles. The number of carbonyl (C=O) groups is 1. The Morgan fingerprint density at radius 3 is 2.47 bits per heavy atom. The molecule has 2 atom stereocenters. The fourth-order valence-corrected chi connectivity index (χ4v) is 1.93. The maximum Gasteiger partial charge on any atom is 0.307 e. The Morgan fingerprint density at radius 1 is 1.35 bits per heavy atom. The van der Waals surface area contributed by atoms with Crippen molar-refractivity contribution >= 4 is 21.9 Å². The van der Waals surface area contributed by atoms with Crippen molar-refractivity contribution in [3.63, 3.8) is 0 Å². The molecule has 94 valence electrons. The molecule has 0 bridgehead atoms. The lowest BCUT2D eigenvalue weighted by Gasteiger charge is -2.19. The highest BCUT2D eigenvalue weighted by atomic mass is 79.9. The number of ether oxygens (including phenoxy) is 1. The van der Waals surface area contributed by atoms with Gasteiger partial charge in [-0.1, -0.05) is 28.1 Å². The van der Waals surface area contributed by atoms with Crippen LogP contribution in [0.2, 0.25) is 0 Å². The molecule has 0 amide bonds. The summed E-state index contributed by atoms with van der Waals surface area (Å²) >= 11 is 3.41. The maximum atomic E-state index is 11.1. The van der Waals surface area contributed by atoms with Crippen LogP contribution in [0.4, 0.5) is 0 Å². The number of rotatable bonds is 5. The van der Waals surface area contributed by atoms with Crippen LogP contribution in [0.1, 0.15) is 31.9 Å². The summed E-state index contributed by atoms with van der Waals surface area (Å²) in [5.41, 5.74) is 1.20. The Morgan fingerprint density at radius 2 is 1.94 bits per heavy atom. The predicted octanol–water partition coefficient (Wildman–Crippen LogP) is 3.05. The van der Waals surface area contributed by atoms with E-state index in [9.17, 15) is 4.79 Å². The van der Waals surface area contributed by atoms with Gasteiger partial charge in [-0.05, 0) is 31.5 Å². The van der Waals surface area contributed by atoms with Crippen LogP contribution in [-0.4, -0.2) is 19.1 Å². The van der Waals surface area contributed by atoms with Gasteiger partial charge in [0.25, 0.3) is 0 Å². The molecule has 1 aromatic rings. The molecular weight excluding hydrogens is 282 g/mol. The number of methoxy groups -OCH3 is 1. The first kappa shape index (κ1) is 14.2. The Hall–Kier alpha value is -0.870. The monoisotopic (exact) mass is 299 g/mol. The van der Waals surface area contributed by atoms with Gasteiger partial charge in [-0.15, -0.1) is 0 Å². The van der Waals surface area contributed by atoms with Crippen molar-refractivity contribution in [2.75, 3.05) is 7.11 Å². The molecule has 1 unspecified atom stereocenters. The van der Waals surface area contributed by atoms with Crippen LogP contribution in [-0.2, 0) is 9.53 Å². The van der Waals surface area contributed by atoms with Crippen LogP contribution in [0, 0.1) is 0 Å². The van der Waals surface area contributed by atoms with E-state index >= 15 is 0 Å². The predicted molar refractivity (Wildman–Crippen MR) is 71.8 cm³/mol. The van der Waals surface area contributed by atoms with E-state index in [0.29, 0.717) is 6.42 Å². The molecule has 0 aliphatic rings. The van der Waals surface area contributed by atoms with E-state index in [-0.39, 0.29) is 18.1 Å². The maximum absolute atomic E-state index is 11.1.